The molecular weight excluding hydrogens is 314 g/mol. The average Bonchev–Trinajstić information content (AvgIpc) is 3.03. The number of β-amino-alcohol motifs (C(OH)–C–C–N with tert-alkyl or cyclic N) is 1. The van der Waals surface area contributed by atoms with Gasteiger partial charge in [0, 0.05) is 42.9 Å². The van der Waals surface area contributed by atoms with Crippen molar-refractivity contribution in [2.75, 3.05) is 37.7 Å². The molecule has 2 fully saturated rings. The Hall–Kier alpha value is -2.14. The number of carbonyl (C=O) groups excluding carboxylic acids is 1. The number of anilines is 1. The van der Waals surface area contributed by atoms with E-state index in [-0.39, 0.29) is 17.9 Å². The molecule has 0 aliphatic carbocycles. The maximum atomic E-state index is 13.0. The maximum Gasteiger partial charge on any atom is 0.230 e. The largest absolute Gasteiger partial charge is 0.395 e. The summed E-state index contributed by atoms with van der Waals surface area (Å²) in [6, 6.07) is 10.4. The molecule has 1 aromatic heterocycles. The van der Waals surface area contributed by atoms with Crippen molar-refractivity contribution in [1.82, 2.24) is 9.88 Å². The summed E-state index contributed by atoms with van der Waals surface area (Å²) in [7, 11) is 0. The molecule has 5 heteroatoms. The van der Waals surface area contributed by atoms with Crippen LogP contribution in [-0.2, 0) is 4.79 Å². The van der Waals surface area contributed by atoms with Gasteiger partial charge in [0.15, 0.2) is 0 Å². The lowest BCUT2D eigenvalue weighted by Crippen LogP contribution is -2.50. The molecule has 1 aromatic carbocycles. The number of fused-ring (bicyclic) bond motifs is 1. The standard InChI is InChI=1S/C20H25N3O2/c1-15-13-18(16-5-2-3-6-17(16)21-15)23-10-8-20(14-23)7-4-9-22(11-12-24)19(20)25/h2-3,5-6,13,24H,4,7-12,14H2,1H3/t20-/m1/s1. The fraction of sp³-hybridized carbons (Fsp3) is 0.500. The summed E-state index contributed by atoms with van der Waals surface area (Å²) < 4.78 is 0. The summed E-state index contributed by atoms with van der Waals surface area (Å²) in [4.78, 5) is 21.9. The zero-order chi connectivity index (χ0) is 17.4. The maximum absolute atomic E-state index is 13.0. The molecule has 0 radical (unpaired) electrons. The quantitative estimate of drug-likeness (QED) is 0.933. The molecule has 1 spiro atoms. The van der Waals surface area contributed by atoms with Crippen LogP contribution >= 0.6 is 0 Å². The molecule has 2 aliphatic heterocycles. The van der Waals surface area contributed by atoms with Crippen molar-refractivity contribution in [3.05, 3.63) is 36.0 Å². The minimum absolute atomic E-state index is 0.0414. The number of amides is 1. The predicted octanol–water partition coefficient (Wildman–Crippen LogP) is 2.35. The van der Waals surface area contributed by atoms with Gasteiger partial charge < -0.3 is 14.9 Å². The molecule has 2 aliphatic rings. The van der Waals surface area contributed by atoms with E-state index in [4.69, 9.17) is 0 Å². The predicted molar refractivity (Wildman–Crippen MR) is 98.6 cm³/mol. The zero-order valence-electron chi connectivity index (χ0n) is 14.7. The number of para-hydroxylation sites is 1. The third kappa shape index (κ3) is 2.76. The van der Waals surface area contributed by atoms with E-state index in [2.05, 4.69) is 22.0 Å². The summed E-state index contributed by atoms with van der Waals surface area (Å²) in [5.74, 6) is 0.227. The van der Waals surface area contributed by atoms with Crippen LogP contribution in [0.4, 0.5) is 5.69 Å². The number of pyridine rings is 1. The summed E-state index contributed by atoms with van der Waals surface area (Å²) in [6.07, 6.45) is 2.87. The summed E-state index contributed by atoms with van der Waals surface area (Å²) in [5, 5.41) is 10.4. The van der Waals surface area contributed by atoms with Crippen molar-refractivity contribution in [3.8, 4) is 0 Å². The average molecular weight is 339 g/mol. The molecular formula is C20H25N3O2. The molecule has 4 rings (SSSR count). The van der Waals surface area contributed by atoms with Crippen molar-refractivity contribution in [2.24, 2.45) is 5.41 Å². The van der Waals surface area contributed by atoms with Gasteiger partial charge in [-0.25, -0.2) is 0 Å². The molecule has 0 saturated carbocycles. The Bertz CT molecular complexity index is 805. The number of hydrogen-bond acceptors (Lipinski definition) is 4. The highest BCUT2D eigenvalue weighted by atomic mass is 16.3. The number of nitrogens with zero attached hydrogens (tertiary/aromatic N) is 3. The van der Waals surface area contributed by atoms with Crippen molar-refractivity contribution >= 4 is 22.5 Å². The van der Waals surface area contributed by atoms with Crippen LogP contribution in [0.25, 0.3) is 10.9 Å². The fourth-order valence-electron chi connectivity index (χ4n) is 4.49. The molecule has 1 atom stereocenters. The van der Waals surface area contributed by atoms with Gasteiger partial charge in [-0.2, -0.15) is 0 Å². The zero-order valence-corrected chi connectivity index (χ0v) is 14.7. The van der Waals surface area contributed by atoms with Crippen LogP contribution in [0.15, 0.2) is 30.3 Å². The Morgan fingerprint density at radius 1 is 1.24 bits per heavy atom. The number of carbonyl (C=O) groups is 1. The van der Waals surface area contributed by atoms with Gasteiger partial charge in [-0.05, 0) is 38.3 Å². The monoisotopic (exact) mass is 339 g/mol. The first kappa shape index (κ1) is 16.3. The summed E-state index contributed by atoms with van der Waals surface area (Å²) in [6.45, 7) is 4.96. The third-order valence-electron chi connectivity index (χ3n) is 5.71. The van der Waals surface area contributed by atoms with Gasteiger partial charge in [-0.3, -0.25) is 9.78 Å². The summed E-state index contributed by atoms with van der Waals surface area (Å²) >= 11 is 0. The number of likely N-dealkylation sites (tertiary alicyclic amines) is 1. The van der Waals surface area contributed by atoms with Gasteiger partial charge in [0.05, 0.1) is 17.5 Å². The second-order valence-electron chi connectivity index (χ2n) is 7.37. The second-order valence-corrected chi connectivity index (χ2v) is 7.37. The molecule has 2 aromatic rings. The number of piperidine rings is 1. The highest BCUT2D eigenvalue weighted by Crippen LogP contribution is 2.42. The molecule has 25 heavy (non-hydrogen) atoms. The van der Waals surface area contributed by atoms with Crippen LogP contribution in [0.3, 0.4) is 0 Å². The number of hydrogen-bond donors (Lipinski definition) is 1. The van der Waals surface area contributed by atoms with Gasteiger partial charge in [0.1, 0.15) is 0 Å². The SMILES string of the molecule is Cc1cc(N2CC[C@]3(CCCN(CCO)C3=O)C2)c2ccccc2n1. The lowest BCUT2D eigenvalue weighted by molar-refractivity contribution is -0.145. The second kappa shape index (κ2) is 6.30. The highest BCUT2D eigenvalue weighted by Gasteiger charge is 2.48. The Morgan fingerprint density at radius 3 is 2.92 bits per heavy atom. The fourth-order valence-corrected chi connectivity index (χ4v) is 4.49. The lowest BCUT2D eigenvalue weighted by atomic mass is 9.78. The van der Waals surface area contributed by atoms with Crippen LogP contribution in [0, 0.1) is 12.3 Å². The van der Waals surface area contributed by atoms with Crippen molar-refractivity contribution < 1.29 is 9.90 Å². The Balaban J connectivity index is 1.66. The van der Waals surface area contributed by atoms with Crippen LogP contribution in [0.2, 0.25) is 0 Å². The number of aliphatic hydroxyl groups is 1. The minimum atomic E-state index is -0.286. The van der Waals surface area contributed by atoms with Gasteiger partial charge >= 0.3 is 0 Å². The normalized spacial score (nSPS) is 23.8. The highest BCUT2D eigenvalue weighted by molar-refractivity contribution is 5.93. The molecule has 132 valence electrons. The minimum Gasteiger partial charge on any atom is -0.395 e. The van der Waals surface area contributed by atoms with Gasteiger partial charge in [-0.1, -0.05) is 18.2 Å². The van der Waals surface area contributed by atoms with E-state index in [9.17, 15) is 9.90 Å². The first-order chi connectivity index (χ1) is 12.1. The van der Waals surface area contributed by atoms with E-state index in [1.807, 2.05) is 30.0 Å². The molecule has 0 unspecified atom stereocenters. The molecule has 5 nitrogen and oxygen atoms in total. The van der Waals surface area contributed by atoms with Crippen LogP contribution in [0.5, 0.6) is 0 Å². The molecule has 1 N–H and O–H groups in total. The van der Waals surface area contributed by atoms with Gasteiger partial charge in [-0.15, -0.1) is 0 Å². The third-order valence-corrected chi connectivity index (χ3v) is 5.71. The van der Waals surface area contributed by atoms with Gasteiger partial charge in [0.2, 0.25) is 5.91 Å². The molecule has 3 heterocycles. The van der Waals surface area contributed by atoms with Gasteiger partial charge in [0.25, 0.3) is 0 Å². The number of aliphatic hydroxyl groups excluding tert-OH is 1. The molecule has 1 amide bonds. The van der Waals surface area contributed by atoms with E-state index < -0.39 is 0 Å². The number of aryl methyl sites for hydroxylation is 1. The molecule has 0 bridgehead atoms. The first-order valence-corrected chi connectivity index (χ1v) is 9.15. The number of aromatic nitrogens is 1. The van der Waals surface area contributed by atoms with Crippen LogP contribution in [0.1, 0.15) is 25.0 Å². The van der Waals surface area contributed by atoms with Crippen molar-refractivity contribution in [1.29, 1.82) is 0 Å². The smallest absolute Gasteiger partial charge is 0.230 e. The van der Waals surface area contributed by atoms with E-state index in [0.29, 0.717) is 6.54 Å². The lowest BCUT2D eigenvalue weighted by Gasteiger charge is -2.39. The first-order valence-electron chi connectivity index (χ1n) is 9.15. The van der Waals surface area contributed by atoms with Crippen LogP contribution < -0.4 is 4.90 Å². The van der Waals surface area contributed by atoms with E-state index in [1.165, 1.54) is 5.69 Å². The molecule has 2 saturated heterocycles. The Kier molecular flexibility index (Phi) is 4.12. The van der Waals surface area contributed by atoms with E-state index in [0.717, 1.165) is 55.5 Å². The van der Waals surface area contributed by atoms with Crippen molar-refractivity contribution in [3.63, 3.8) is 0 Å². The Labute approximate surface area is 148 Å². The van der Waals surface area contributed by atoms with Crippen molar-refractivity contribution in [2.45, 2.75) is 26.2 Å². The van der Waals surface area contributed by atoms with Crippen LogP contribution in [-0.4, -0.2) is 53.7 Å². The Morgan fingerprint density at radius 2 is 2.08 bits per heavy atom. The summed E-state index contributed by atoms with van der Waals surface area (Å²) in [5.41, 5.74) is 2.92. The number of rotatable bonds is 3. The number of benzene rings is 1. The van der Waals surface area contributed by atoms with E-state index >= 15 is 0 Å². The topological polar surface area (TPSA) is 56.7 Å². The van der Waals surface area contributed by atoms with E-state index in [1.54, 1.807) is 0 Å².